The Kier molecular flexibility index (Phi) is 23.0. The van der Waals surface area contributed by atoms with Crippen LogP contribution >= 0.6 is 68.0 Å². The van der Waals surface area contributed by atoms with Gasteiger partial charge in [0.2, 0.25) is 0 Å². The lowest BCUT2D eigenvalue weighted by atomic mass is 10.2. The van der Waals surface area contributed by atoms with Crippen molar-refractivity contribution >= 4 is 112 Å². The van der Waals surface area contributed by atoms with E-state index < -0.39 is 64.9 Å². The highest BCUT2D eigenvalue weighted by molar-refractivity contribution is 8.79. The Bertz CT molecular complexity index is 1620. The van der Waals surface area contributed by atoms with Crippen LogP contribution in [0.4, 0.5) is 9.59 Å². The van der Waals surface area contributed by atoms with E-state index in [-0.39, 0.29) is 62.9 Å². The van der Waals surface area contributed by atoms with Gasteiger partial charge in [-0.05, 0) is 11.1 Å². The van der Waals surface area contributed by atoms with Crippen LogP contribution in [0.3, 0.4) is 0 Å². The van der Waals surface area contributed by atoms with Gasteiger partial charge in [-0.15, -0.1) is 46.4 Å². The first-order chi connectivity index (χ1) is 26.5. The van der Waals surface area contributed by atoms with E-state index >= 15 is 0 Å². The predicted molar refractivity (Wildman–Crippen MR) is 222 cm³/mol. The van der Waals surface area contributed by atoms with Gasteiger partial charge in [-0.25, -0.2) is 36.4 Å². The maximum atomic E-state index is 13.8. The van der Waals surface area contributed by atoms with Gasteiger partial charge in [0, 0.05) is 62.2 Å². The van der Waals surface area contributed by atoms with Crippen molar-refractivity contribution in [2.75, 3.05) is 62.2 Å². The third kappa shape index (κ3) is 18.5. The smallest absolute Gasteiger partial charge is 0.408 e. The molecule has 0 aliphatic carbocycles. The quantitative estimate of drug-likeness (QED) is 0.0640. The van der Waals surface area contributed by atoms with Crippen LogP contribution in [0.1, 0.15) is 11.1 Å². The number of hydrogen-bond donors (Lipinski definition) is 4. The number of alkyl carbamates (subject to hydrolysis) is 2. The monoisotopic (exact) mass is 940 g/mol. The van der Waals surface area contributed by atoms with E-state index in [0.29, 0.717) is 32.7 Å². The minimum atomic E-state index is -4.37. The van der Waals surface area contributed by atoms with Crippen LogP contribution in [0, 0.1) is 0 Å². The highest BCUT2D eigenvalue weighted by atomic mass is 35.5. The number of sulfone groups is 2. The second kappa shape index (κ2) is 25.9. The Morgan fingerprint density at radius 3 is 1.16 bits per heavy atom. The van der Waals surface area contributed by atoms with E-state index in [1.807, 2.05) is 0 Å². The van der Waals surface area contributed by atoms with Gasteiger partial charge in [-0.1, -0.05) is 82.3 Å². The number of halogens is 4. The molecule has 4 atom stereocenters. The van der Waals surface area contributed by atoms with Gasteiger partial charge in [0.15, 0.2) is 19.7 Å². The van der Waals surface area contributed by atoms with Crippen LogP contribution in [0.15, 0.2) is 60.7 Å². The van der Waals surface area contributed by atoms with Crippen LogP contribution in [-0.4, -0.2) is 134 Å². The maximum Gasteiger partial charge on any atom is 0.408 e. The molecule has 2 rings (SSSR count). The lowest BCUT2D eigenvalue weighted by Gasteiger charge is -2.31. The Morgan fingerprint density at radius 2 is 0.893 bits per heavy atom. The lowest BCUT2D eigenvalue weighted by Crippen LogP contribution is -2.59. The molecule has 314 valence electrons. The predicted octanol–water partition coefficient (Wildman–Crippen LogP) is 3.32. The third-order valence-corrected chi connectivity index (χ3v) is 16.1. The minimum Gasteiger partial charge on any atom is -0.445 e. The highest BCUT2D eigenvalue weighted by Crippen LogP contribution is 2.39. The fraction of sp³-hybridized carbons (Fsp3) is 0.500. The van der Waals surface area contributed by atoms with Crippen molar-refractivity contribution in [1.82, 2.24) is 31.5 Å². The third-order valence-electron chi connectivity index (χ3n) is 7.13. The fourth-order valence-corrected chi connectivity index (χ4v) is 13.3. The molecule has 0 heterocycles. The summed E-state index contributed by atoms with van der Waals surface area (Å²) >= 11 is 23.5. The molecule has 0 aromatic heterocycles. The summed E-state index contributed by atoms with van der Waals surface area (Å²) in [6.45, 7) is -0.138. The Morgan fingerprint density at radius 1 is 0.589 bits per heavy atom. The van der Waals surface area contributed by atoms with Gasteiger partial charge in [0.1, 0.15) is 34.5 Å². The van der Waals surface area contributed by atoms with Crippen LogP contribution in [0.2, 0.25) is 0 Å². The first-order valence-electron chi connectivity index (χ1n) is 16.5. The molecule has 4 amide bonds. The zero-order valence-corrected chi connectivity index (χ0v) is 36.6. The number of rotatable bonds is 25. The number of nitrogens with zero attached hydrogens (tertiary/aromatic N) is 2. The molecule has 4 unspecified atom stereocenters. The van der Waals surface area contributed by atoms with E-state index in [1.165, 1.54) is 10.0 Å². The summed E-state index contributed by atoms with van der Waals surface area (Å²) in [7, 11) is -8.03. The minimum absolute atomic E-state index is 0.0436. The fourth-order valence-electron chi connectivity index (χ4n) is 4.46. The van der Waals surface area contributed by atoms with E-state index in [9.17, 15) is 36.0 Å². The Labute approximate surface area is 354 Å². The van der Waals surface area contributed by atoms with Crippen LogP contribution in [0.5, 0.6) is 0 Å². The molecule has 0 bridgehead atoms. The number of amides is 4. The Hall–Kier alpha value is -2.40. The van der Waals surface area contributed by atoms with Crippen molar-refractivity contribution in [3.05, 3.63) is 71.8 Å². The van der Waals surface area contributed by atoms with Crippen molar-refractivity contribution in [2.45, 2.75) is 34.5 Å². The van der Waals surface area contributed by atoms with Gasteiger partial charge in [-0.3, -0.25) is 20.4 Å². The molecule has 2 aromatic carbocycles. The number of carbonyl (C=O) groups is 4. The number of hydrazine groups is 2. The molecule has 24 heteroatoms. The van der Waals surface area contributed by atoms with Gasteiger partial charge in [0.05, 0.1) is 0 Å². The molecule has 0 saturated carbocycles. The van der Waals surface area contributed by atoms with Crippen LogP contribution in [0.25, 0.3) is 0 Å². The molecular weight excluding hydrogens is 898 g/mol. The number of ether oxygens (including phenoxy) is 2. The van der Waals surface area contributed by atoms with Crippen molar-refractivity contribution in [3.8, 4) is 0 Å². The topological polar surface area (TPSA) is 210 Å². The SMILES string of the molecule is CS(=O)(=O)C(SSC(C(NC(=O)OCc1ccccc1)C(=O)NN(CCCl)CCCl)S(C)(=O)=O)C(NC(=O)OCc1ccccc1)C(=O)NN(CCCl)CCCl. The standard InChI is InChI=1S/C32H44Cl4N6O10S4/c1-55(47,48)29(25(27(43)39-41(17-13-33)18-14-34)37-31(45)51-21-23-9-5-3-6-10-23)53-54-30(56(2,49)50)26(28(44)40-42(19-15-35)20-16-36)38-32(46)52-22-24-11-7-4-8-12-24/h3-12,25-26,29-30H,13-22H2,1-2H3,(H,37,45)(H,38,46)(H,39,43)(H,40,44). The largest absolute Gasteiger partial charge is 0.445 e. The summed E-state index contributed by atoms with van der Waals surface area (Å²) in [5, 5.41) is 7.19. The van der Waals surface area contributed by atoms with E-state index in [1.54, 1.807) is 60.7 Å². The summed E-state index contributed by atoms with van der Waals surface area (Å²) in [5.41, 5.74) is 6.17. The molecule has 4 N–H and O–H groups in total. The number of nitrogens with one attached hydrogen (secondary N) is 4. The highest BCUT2D eigenvalue weighted by Gasteiger charge is 2.44. The number of hydrogen-bond acceptors (Lipinski definition) is 14. The van der Waals surface area contributed by atoms with Gasteiger partial charge >= 0.3 is 12.2 Å². The molecular formula is C32H44Cl4N6O10S4. The summed E-state index contributed by atoms with van der Waals surface area (Å²) in [6, 6.07) is 13.2. The van der Waals surface area contributed by atoms with E-state index in [4.69, 9.17) is 55.9 Å². The molecule has 0 aliphatic heterocycles. The van der Waals surface area contributed by atoms with Gasteiger partial charge < -0.3 is 20.1 Å². The van der Waals surface area contributed by atoms with Crippen molar-refractivity contribution in [3.63, 3.8) is 0 Å². The normalized spacial score (nSPS) is 13.9. The second-order valence-corrected chi connectivity index (χ2v) is 20.6. The summed E-state index contributed by atoms with van der Waals surface area (Å²) in [5.74, 6) is -1.90. The molecule has 0 radical (unpaired) electrons. The molecule has 0 saturated heterocycles. The molecule has 56 heavy (non-hydrogen) atoms. The van der Waals surface area contributed by atoms with Crippen LogP contribution in [-0.2, 0) is 52.0 Å². The maximum absolute atomic E-state index is 13.8. The molecule has 0 spiro atoms. The van der Waals surface area contributed by atoms with Crippen LogP contribution < -0.4 is 21.5 Å². The van der Waals surface area contributed by atoms with Gasteiger partial charge in [-0.2, -0.15) is 0 Å². The lowest BCUT2D eigenvalue weighted by molar-refractivity contribution is -0.128. The van der Waals surface area contributed by atoms with Crippen molar-refractivity contribution < 1.29 is 45.5 Å². The number of benzene rings is 2. The molecule has 0 aliphatic rings. The first kappa shape index (κ1) is 49.7. The molecule has 0 fully saturated rings. The Balaban J connectivity index is 2.52. The van der Waals surface area contributed by atoms with E-state index in [2.05, 4.69) is 21.5 Å². The number of alkyl halides is 4. The second-order valence-electron chi connectivity index (χ2n) is 11.6. The first-order valence-corrected chi connectivity index (χ1v) is 24.8. The zero-order valence-electron chi connectivity index (χ0n) is 30.3. The summed E-state index contributed by atoms with van der Waals surface area (Å²) < 4.78 is 60.4. The summed E-state index contributed by atoms with van der Waals surface area (Å²) in [4.78, 5) is 53.7. The van der Waals surface area contributed by atoms with Crippen molar-refractivity contribution in [1.29, 1.82) is 0 Å². The molecule has 2 aromatic rings. The van der Waals surface area contributed by atoms with Crippen molar-refractivity contribution in [2.24, 2.45) is 0 Å². The number of carbonyl (C=O) groups excluding carboxylic acids is 4. The molecule has 16 nitrogen and oxygen atoms in total. The van der Waals surface area contributed by atoms with Gasteiger partial charge in [0.25, 0.3) is 11.8 Å². The summed E-state index contributed by atoms with van der Waals surface area (Å²) in [6.07, 6.45) is -0.805. The average Bonchev–Trinajstić information content (AvgIpc) is 3.13. The van der Waals surface area contributed by atoms with E-state index in [0.717, 1.165) is 12.5 Å². The average molecular weight is 943 g/mol. The zero-order chi connectivity index (χ0) is 41.7.